The van der Waals surface area contributed by atoms with Gasteiger partial charge in [0.1, 0.15) is 13.4 Å². The number of methoxy groups -OCH3 is 1. The van der Waals surface area contributed by atoms with Crippen LogP contribution in [0.25, 0.3) is 0 Å². The van der Waals surface area contributed by atoms with Crippen molar-refractivity contribution < 1.29 is 19.0 Å². The molecule has 1 aromatic heterocycles. The highest BCUT2D eigenvalue weighted by Gasteiger charge is 2.12. The van der Waals surface area contributed by atoms with Crippen LogP contribution < -0.4 is 4.74 Å². The minimum absolute atomic E-state index is 0.122. The van der Waals surface area contributed by atoms with E-state index in [0.717, 1.165) is 23.3 Å². The van der Waals surface area contributed by atoms with Gasteiger partial charge in [0.15, 0.2) is 0 Å². The first-order valence-corrected chi connectivity index (χ1v) is 6.64. The van der Waals surface area contributed by atoms with Gasteiger partial charge in [0.25, 0.3) is 10.4 Å². The zero-order valence-corrected chi connectivity index (χ0v) is 12.0. The summed E-state index contributed by atoms with van der Waals surface area (Å²) < 4.78 is 19.1. The molecule has 0 unspecified atom stereocenters. The Morgan fingerprint density at radius 3 is 2.89 bits per heavy atom. The Balaban J connectivity index is 2.28. The van der Waals surface area contributed by atoms with Crippen LogP contribution in [0, 0.1) is 0 Å². The fraction of sp³-hybridized carbons (Fsp3) is 0.667. The largest absolute Gasteiger partial charge is 0.467 e. The number of ether oxygens (including phenoxy) is 3. The van der Waals surface area contributed by atoms with Crippen molar-refractivity contribution in [3.05, 3.63) is 0 Å². The molecule has 1 heterocycles. The Hall–Kier alpha value is -0.900. The first-order valence-electron chi connectivity index (χ1n) is 5.05. The minimum atomic E-state index is -0.122. The summed E-state index contributed by atoms with van der Waals surface area (Å²) >= 11 is 2.07. The number of nitrogens with zero attached hydrogens (tertiary/aromatic N) is 3. The Kier molecular flexibility index (Phi) is 6.94. The Morgan fingerprint density at radius 1 is 1.44 bits per heavy atom. The van der Waals surface area contributed by atoms with Gasteiger partial charge in [-0.15, -0.1) is 0 Å². The summed E-state index contributed by atoms with van der Waals surface area (Å²) in [6.45, 7) is 1.01. The quantitative estimate of drug-likeness (QED) is 0.426. The number of thioether (sulfide) groups is 1. The molecule has 0 aromatic carbocycles. The summed E-state index contributed by atoms with van der Waals surface area (Å²) in [5.41, 5.74) is 0. The van der Waals surface area contributed by atoms with E-state index in [1.165, 1.54) is 4.90 Å². The molecular formula is C9H15N3O4S2. The normalized spacial score (nSPS) is 10.4. The van der Waals surface area contributed by atoms with Crippen LogP contribution in [0.1, 0.15) is 0 Å². The summed E-state index contributed by atoms with van der Waals surface area (Å²) in [5.74, 6) is 0. The van der Waals surface area contributed by atoms with Gasteiger partial charge in [-0.05, 0) is 0 Å². The highest BCUT2D eigenvalue weighted by molar-refractivity contribution is 8.13. The van der Waals surface area contributed by atoms with Crippen LogP contribution in [0.5, 0.6) is 5.19 Å². The molecule has 0 aliphatic heterocycles. The summed E-state index contributed by atoms with van der Waals surface area (Å²) in [7, 11) is 4.90. The second-order valence-electron chi connectivity index (χ2n) is 3.27. The molecule has 0 saturated heterocycles. The molecule has 0 aliphatic carbocycles. The molecule has 0 aliphatic rings. The topological polar surface area (TPSA) is 73.8 Å². The smallest absolute Gasteiger partial charge is 0.294 e. The molecule has 0 spiro atoms. The number of amides is 1. The number of aromatic nitrogens is 2. The average Bonchev–Trinajstić information content (AvgIpc) is 2.76. The number of hydrogen-bond acceptors (Lipinski definition) is 8. The molecule has 0 radical (unpaired) electrons. The maximum Gasteiger partial charge on any atom is 0.294 e. The zero-order chi connectivity index (χ0) is 13.4. The summed E-state index contributed by atoms with van der Waals surface area (Å²) in [5, 5.41) is 0.694. The van der Waals surface area contributed by atoms with E-state index in [1.54, 1.807) is 21.2 Å². The molecule has 18 heavy (non-hydrogen) atoms. The number of rotatable bonds is 7. The second kappa shape index (κ2) is 8.25. The lowest BCUT2D eigenvalue weighted by molar-refractivity contribution is -0.0388. The molecule has 1 rings (SSSR count). The Morgan fingerprint density at radius 2 is 2.22 bits per heavy atom. The van der Waals surface area contributed by atoms with Crippen molar-refractivity contribution in [2.24, 2.45) is 0 Å². The van der Waals surface area contributed by atoms with Gasteiger partial charge in [-0.25, -0.2) is 0 Å². The SMILES string of the molecule is COCOCCOc1nc(SC(=O)N(C)C)ns1. The van der Waals surface area contributed by atoms with Crippen molar-refractivity contribution >= 4 is 28.5 Å². The molecule has 1 aromatic rings. The van der Waals surface area contributed by atoms with E-state index in [9.17, 15) is 4.79 Å². The van der Waals surface area contributed by atoms with Crippen LogP contribution in [-0.2, 0) is 9.47 Å². The lowest BCUT2D eigenvalue weighted by atomic mass is 10.8. The van der Waals surface area contributed by atoms with Crippen molar-refractivity contribution in [1.29, 1.82) is 0 Å². The number of carbonyl (C=O) groups is 1. The standard InChI is InChI=1S/C9H15N3O4S2/c1-12(2)9(13)17-7-10-8(18-11-7)16-5-4-15-6-14-3/h4-6H2,1-3H3. The van der Waals surface area contributed by atoms with Crippen molar-refractivity contribution in [3.63, 3.8) is 0 Å². The van der Waals surface area contributed by atoms with Crippen LogP contribution in [-0.4, -0.2) is 60.7 Å². The molecule has 0 atom stereocenters. The molecule has 7 nitrogen and oxygen atoms in total. The van der Waals surface area contributed by atoms with Crippen molar-refractivity contribution in [2.45, 2.75) is 5.16 Å². The number of carbonyl (C=O) groups excluding carboxylic acids is 1. The van der Waals surface area contributed by atoms with Crippen LogP contribution in [0.15, 0.2) is 5.16 Å². The predicted molar refractivity (Wildman–Crippen MR) is 68.2 cm³/mol. The van der Waals surface area contributed by atoms with Gasteiger partial charge in [-0.1, -0.05) is 0 Å². The fourth-order valence-corrected chi connectivity index (χ4v) is 2.04. The van der Waals surface area contributed by atoms with Crippen molar-refractivity contribution in [1.82, 2.24) is 14.3 Å². The van der Waals surface area contributed by atoms with E-state index in [4.69, 9.17) is 14.2 Å². The third-order valence-corrected chi connectivity index (χ3v) is 3.24. The third-order valence-electron chi connectivity index (χ3n) is 1.59. The van der Waals surface area contributed by atoms with Gasteiger partial charge in [0.05, 0.1) is 6.61 Å². The van der Waals surface area contributed by atoms with E-state index in [-0.39, 0.29) is 12.0 Å². The number of hydrogen-bond donors (Lipinski definition) is 0. The Bertz CT molecular complexity index is 372. The van der Waals surface area contributed by atoms with Gasteiger partial charge in [-0.3, -0.25) is 4.79 Å². The van der Waals surface area contributed by atoms with Gasteiger partial charge >= 0.3 is 0 Å². The van der Waals surface area contributed by atoms with E-state index < -0.39 is 0 Å². The molecule has 0 bridgehead atoms. The van der Waals surface area contributed by atoms with E-state index in [1.807, 2.05) is 0 Å². The average molecular weight is 293 g/mol. The first-order chi connectivity index (χ1) is 8.63. The van der Waals surface area contributed by atoms with Gasteiger partial charge in [0, 0.05) is 44.5 Å². The van der Waals surface area contributed by atoms with Gasteiger partial charge in [0.2, 0.25) is 5.16 Å². The zero-order valence-electron chi connectivity index (χ0n) is 10.4. The predicted octanol–water partition coefficient (Wildman–Crippen LogP) is 1.31. The van der Waals surface area contributed by atoms with E-state index in [2.05, 4.69) is 9.36 Å². The van der Waals surface area contributed by atoms with E-state index in [0.29, 0.717) is 23.6 Å². The Labute approximate surface area is 114 Å². The second-order valence-corrected chi connectivity index (χ2v) is 4.90. The van der Waals surface area contributed by atoms with Crippen LogP contribution in [0.4, 0.5) is 4.79 Å². The summed E-state index contributed by atoms with van der Waals surface area (Å²) in [6, 6.07) is 0. The highest BCUT2D eigenvalue weighted by atomic mass is 32.2. The molecule has 9 heteroatoms. The lowest BCUT2D eigenvalue weighted by Gasteiger charge is -2.06. The van der Waals surface area contributed by atoms with Crippen LogP contribution in [0.2, 0.25) is 0 Å². The monoisotopic (exact) mass is 293 g/mol. The maximum absolute atomic E-state index is 11.4. The minimum Gasteiger partial charge on any atom is -0.467 e. The molecule has 0 fully saturated rings. The molecule has 0 N–H and O–H groups in total. The van der Waals surface area contributed by atoms with Crippen molar-refractivity contribution in [2.75, 3.05) is 41.2 Å². The third kappa shape index (κ3) is 5.63. The highest BCUT2D eigenvalue weighted by Crippen LogP contribution is 2.23. The fourth-order valence-electron chi connectivity index (χ4n) is 0.797. The first kappa shape index (κ1) is 15.2. The summed E-state index contributed by atoms with van der Waals surface area (Å²) in [4.78, 5) is 16.9. The molecule has 0 saturated carbocycles. The maximum atomic E-state index is 11.4. The lowest BCUT2D eigenvalue weighted by Crippen LogP contribution is -2.16. The molecule has 102 valence electrons. The summed E-state index contributed by atoms with van der Waals surface area (Å²) in [6.07, 6.45) is 0. The van der Waals surface area contributed by atoms with Crippen LogP contribution in [0.3, 0.4) is 0 Å². The van der Waals surface area contributed by atoms with Gasteiger partial charge in [-0.2, -0.15) is 9.36 Å². The van der Waals surface area contributed by atoms with Crippen LogP contribution >= 0.6 is 23.3 Å². The van der Waals surface area contributed by atoms with Crippen molar-refractivity contribution in [3.8, 4) is 5.19 Å². The van der Waals surface area contributed by atoms with Gasteiger partial charge < -0.3 is 19.1 Å². The molecule has 1 amide bonds. The molecular weight excluding hydrogens is 278 g/mol. The van der Waals surface area contributed by atoms with E-state index >= 15 is 0 Å².